The average Bonchev–Trinajstić information content (AvgIpc) is 2.87. The number of aliphatic hydroxyl groups excluding tert-OH is 1. The van der Waals surface area contributed by atoms with E-state index in [1.165, 1.54) is 5.69 Å². The molecule has 2 rings (SSSR count). The first-order valence-electron chi connectivity index (χ1n) is 6.52. The van der Waals surface area contributed by atoms with Crippen molar-refractivity contribution in [3.63, 3.8) is 0 Å². The van der Waals surface area contributed by atoms with Gasteiger partial charge in [0.2, 0.25) is 0 Å². The molecular weight excluding hydrogens is 214 g/mol. The van der Waals surface area contributed by atoms with E-state index in [0.29, 0.717) is 5.92 Å². The molecule has 1 saturated heterocycles. The largest absolute Gasteiger partial charge is 0.393 e. The van der Waals surface area contributed by atoms with Gasteiger partial charge < -0.3 is 5.11 Å². The second-order valence-electron chi connectivity index (χ2n) is 5.13. The highest BCUT2D eigenvalue weighted by Gasteiger charge is 2.26. The summed E-state index contributed by atoms with van der Waals surface area (Å²) >= 11 is 0. The zero-order valence-corrected chi connectivity index (χ0v) is 11.1. The standard InChI is InChI=1S/C13H23N3O/c1-4-12-7-13(15(3)14-12)9-16-6-5-11(8-16)10(2)17/h7,10-11,17H,4-6,8-9H2,1-3H3. The Balaban J connectivity index is 1.95. The fourth-order valence-corrected chi connectivity index (χ4v) is 2.52. The molecule has 96 valence electrons. The van der Waals surface area contributed by atoms with Crippen molar-refractivity contribution < 1.29 is 5.11 Å². The van der Waals surface area contributed by atoms with Gasteiger partial charge in [-0.2, -0.15) is 5.10 Å². The summed E-state index contributed by atoms with van der Waals surface area (Å²) in [6, 6.07) is 2.19. The first-order chi connectivity index (χ1) is 8.10. The number of aromatic nitrogens is 2. The van der Waals surface area contributed by atoms with Crippen LogP contribution < -0.4 is 0 Å². The highest BCUT2D eigenvalue weighted by atomic mass is 16.3. The quantitative estimate of drug-likeness (QED) is 0.855. The Morgan fingerprint density at radius 3 is 2.88 bits per heavy atom. The van der Waals surface area contributed by atoms with Crippen LogP contribution in [0.4, 0.5) is 0 Å². The molecule has 1 aliphatic heterocycles. The van der Waals surface area contributed by atoms with Crippen molar-refractivity contribution in [3.05, 3.63) is 17.5 Å². The van der Waals surface area contributed by atoms with Crippen molar-refractivity contribution in [1.82, 2.24) is 14.7 Å². The van der Waals surface area contributed by atoms with Crippen molar-refractivity contribution in [2.45, 2.75) is 39.3 Å². The second-order valence-corrected chi connectivity index (χ2v) is 5.13. The van der Waals surface area contributed by atoms with Crippen LogP contribution in [0.5, 0.6) is 0 Å². The van der Waals surface area contributed by atoms with Crippen LogP contribution in [-0.2, 0) is 20.0 Å². The first kappa shape index (κ1) is 12.6. The van der Waals surface area contributed by atoms with Crippen molar-refractivity contribution >= 4 is 0 Å². The Labute approximate surface area is 103 Å². The van der Waals surface area contributed by atoms with Gasteiger partial charge in [-0.15, -0.1) is 0 Å². The number of hydrogen-bond acceptors (Lipinski definition) is 3. The van der Waals surface area contributed by atoms with Gasteiger partial charge in [0.15, 0.2) is 0 Å². The minimum absolute atomic E-state index is 0.183. The fourth-order valence-electron chi connectivity index (χ4n) is 2.52. The summed E-state index contributed by atoms with van der Waals surface area (Å²) in [4.78, 5) is 2.41. The molecule has 0 bridgehead atoms. The molecule has 0 amide bonds. The SMILES string of the molecule is CCc1cc(CN2CCC(C(C)O)C2)n(C)n1. The van der Waals surface area contributed by atoms with Gasteiger partial charge in [-0.1, -0.05) is 6.92 Å². The zero-order chi connectivity index (χ0) is 12.4. The molecule has 0 aromatic carbocycles. The van der Waals surface area contributed by atoms with Gasteiger partial charge in [0, 0.05) is 20.1 Å². The van der Waals surface area contributed by atoms with E-state index >= 15 is 0 Å². The summed E-state index contributed by atoms with van der Waals surface area (Å²) in [7, 11) is 2.01. The molecule has 1 aromatic heterocycles. The molecule has 4 nitrogen and oxygen atoms in total. The van der Waals surface area contributed by atoms with Gasteiger partial charge in [-0.05, 0) is 38.3 Å². The third kappa shape index (κ3) is 2.87. The molecule has 1 aromatic rings. The lowest BCUT2D eigenvalue weighted by Gasteiger charge is -2.17. The predicted octanol–water partition coefficient (Wildman–Crippen LogP) is 1.19. The first-order valence-corrected chi connectivity index (χ1v) is 6.52. The number of aliphatic hydroxyl groups is 1. The lowest BCUT2D eigenvalue weighted by molar-refractivity contribution is 0.127. The number of hydrogen-bond donors (Lipinski definition) is 1. The van der Waals surface area contributed by atoms with E-state index in [2.05, 4.69) is 23.0 Å². The molecule has 1 fully saturated rings. The summed E-state index contributed by atoms with van der Waals surface area (Å²) in [5, 5.41) is 14.1. The van der Waals surface area contributed by atoms with Crippen LogP contribution in [0, 0.1) is 5.92 Å². The Morgan fingerprint density at radius 1 is 1.59 bits per heavy atom. The normalized spacial score (nSPS) is 23.2. The van der Waals surface area contributed by atoms with Crippen molar-refractivity contribution in [3.8, 4) is 0 Å². The molecule has 1 N–H and O–H groups in total. The van der Waals surface area contributed by atoms with Gasteiger partial charge in [-0.3, -0.25) is 9.58 Å². The average molecular weight is 237 g/mol. The van der Waals surface area contributed by atoms with E-state index < -0.39 is 0 Å². The van der Waals surface area contributed by atoms with E-state index in [1.807, 2.05) is 18.7 Å². The lowest BCUT2D eigenvalue weighted by atomic mass is 10.0. The van der Waals surface area contributed by atoms with Crippen molar-refractivity contribution in [1.29, 1.82) is 0 Å². The van der Waals surface area contributed by atoms with Gasteiger partial charge in [0.1, 0.15) is 0 Å². The Kier molecular flexibility index (Phi) is 3.84. The van der Waals surface area contributed by atoms with Crippen molar-refractivity contribution in [2.75, 3.05) is 13.1 Å². The molecule has 0 radical (unpaired) electrons. The van der Waals surface area contributed by atoms with Gasteiger partial charge in [-0.25, -0.2) is 0 Å². The van der Waals surface area contributed by atoms with E-state index in [1.54, 1.807) is 0 Å². The Hall–Kier alpha value is -0.870. The molecule has 0 aliphatic carbocycles. The molecule has 17 heavy (non-hydrogen) atoms. The number of likely N-dealkylation sites (tertiary alicyclic amines) is 1. The molecule has 0 saturated carbocycles. The van der Waals surface area contributed by atoms with Gasteiger partial charge in [0.05, 0.1) is 17.5 Å². The highest BCUT2D eigenvalue weighted by Crippen LogP contribution is 2.21. The van der Waals surface area contributed by atoms with Crippen LogP contribution in [0.1, 0.15) is 31.7 Å². The summed E-state index contributed by atoms with van der Waals surface area (Å²) in [6.45, 7) is 7.07. The van der Waals surface area contributed by atoms with Gasteiger partial charge >= 0.3 is 0 Å². The molecular formula is C13H23N3O. The zero-order valence-electron chi connectivity index (χ0n) is 11.1. The summed E-state index contributed by atoms with van der Waals surface area (Å²) in [6.07, 6.45) is 1.91. The molecule has 2 heterocycles. The van der Waals surface area contributed by atoms with Crippen LogP contribution in [-0.4, -0.2) is 39.0 Å². The van der Waals surface area contributed by atoms with Crippen LogP contribution in [0.2, 0.25) is 0 Å². The maximum absolute atomic E-state index is 9.59. The maximum atomic E-state index is 9.59. The van der Waals surface area contributed by atoms with E-state index in [4.69, 9.17) is 0 Å². The topological polar surface area (TPSA) is 41.3 Å². The van der Waals surface area contributed by atoms with E-state index in [0.717, 1.165) is 38.2 Å². The molecule has 1 aliphatic rings. The fraction of sp³-hybridized carbons (Fsp3) is 0.769. The Morgan fingerprint density at radius 2 is 2.35 bits per heavy atom. The summed E-state index contributed by atoms with van der Waals surface area (Å²) in [5.74, 6) is 0.439. The van der Waals surface area contributed by atoms with E-state index in [-0.39, 0.29) is 6.10 Å². The third-order valence-corrected chi connectivity index (χ3v) is 3.77. The van der Waals surface area contributed by atoms with Crippen LogP contribution in [0.25, 0.3) is 0 Å². The monoisotopic (exact) mass is 237 g/mol. The Bertz CT molecular complexity index is 373. The lowest BCUT2D eigenvalue weighted by Crippen LogP contribution is -2.24. The minimum atomic E-state index is -0.183. The van der Waals surface area contributed by atoms with Crippen LogP contribution in [0.3, 0.4) is 0 Å². The van der Waals surface area contributed by atoms with E-state index in [9.17, 15) is 5.11 Å². The van der Waals surface area contributed by atoms with Gasteiger partial charge in [0.25, 0.3) is 0 Å². The van der Waals surface area contributed by atoms with Crippen LogP contribution in [0.15, 0.2) is 6.07 Å². The smallest absolute Gasteiger partial charge is 0.0625 e. The molecule has 4 heteroatoms. The molecule has 2 atom stereocenters. The number of nitrogens with zero attached hydrogens (tertiary/aromatic N) is 3. The highest BCUT2D eigenvalue weighted by molar-refractivity contribution is 5.10. The second kappa shape index (κ2) is 5.19. The molecule has 2 unspecified atom stereocenters. The number of aryl methyl sites for hydroxylation is 2. The van der Waals surface area contributed by atoms with Crippen molar-refractivity contribution in [2.24, 2.45) is 13.0 Å². The maximum Gasteiger partial charge on any atom is 0.0625 e. The summed E-state index contributed by atoms with van der Waals surface area (Å²) < 4.78 is 1.98. The number of rotatable bonds is 4. The third-order valence-electron chi connectivity index (χ3n) is 3.77. The molecule has 0 spiro atoms. The summed E-state index contributed by atoms with van der Waals surface area (Å²) in [5.41, 5.74) is 2.43. The minimum Gasteiger partial charge on any atom is -0.393 e. The van der Waals surface area contributed by atoms with Crippen LogP contribution >= 0.6 is 0 Å². The predicted molar refractivity (Wildman–Crippen MR) is 67.7 cm³/mol.